The van der Waals surface area contributed by atoms with Gasteiger partial charge in [0, 0.05) is 18.0 Å². The first-order chi connectivity index (χ1) is 9.74. The second-order valence-electron chi connectivity index (χ2n) is 4.74. The summed E-state index contributed by atoms with van der Waals surface area (Å²) in [5, 5.41) is 3.86. The first-order valence-corrected chi connectivity index (χ1v) is 6.90. The van der Waals surface area contributed by atoms with E-state index >= 15 is 0 Å². The number of aromatic nitrogens is 1. The van der Waals surface area contributed by atoms with Crippen LogP contribution in [0.3, 0.4) is 0 Å². The number of nitrogens with one attached hydrogen (secondary N) is 1. The average Bonchev–Trinajstić information content (AvgIpc) is 2.83. The minimum Gasteiger partial charge on any atom is -0.440 e. The summed E-state index contributed by atoms with van der Waals surface area (Å²) in [5.41, 5.74) is 4.06. The Morgan fingerprint density at radius 3 is 2.60 bits per heavy atom. The molecule has 0 aliphatic carbocycles. The quantitative estimate of drug-likeness (QED) is 0.793. The highest BCUT2D eigenvalue weighted by atomic mass is 35.5. The molecule has 0 saturated heterocycles. The number of halogens is 1. The van der Waals surface area contributed by atoms with Gasteiger partial charge in [-0.05, 0) is 42.4 Å². The molecule has 0 aliphatic rings. The Labute approximate surface area is 122 Å². The molecule has 1 aromatic heterocycles. The SMILES string of the molecule is CNCc1ccc2nc(Cc3ccc(Cl)cc3)oc2c1. The summed E-state index contributed by atoms with van der Waals surface area (Å²) >= 11 is 5.88. The second-order valence-corrected chi connectivity index (χ2v) is 5.18. The molecular formula is C16H15ClN2O. The van der Waals surface area contributed by atoms with Crippen LogP contribution < -0.4 is 5.32 Å². The molecule has 0 radical (unpaired) electrons. The summed E-state index contributed by atoms with van der Waals surface area (Å²) < 4.78 is 5.82. The topological polar surface area (TPSA) is 38.1 Å². The van der Waals surface area contributed by atoms with E-state index in [4.69, 9.17) is 16.0 Å². The van der Waals surface area contributed by atoms with Crippen molar-refractivity contribution in [3.8, 4) is 0 Å². The predicted molar refractivity (Wildman–Crippen MR) is 81.0 cm³/mol. The highest BCUT2D eigenvalue weighted by molar-refractivity contribution is 6.30. The smallest absolute Gasteiger partial charge is 0.199 e. The molecule has 4 heteroatoms. The van der Waals surface area contributed by atoms with Crippen molar-refractivity contribution in [2.75, 3.05) is 7.05 Å². The van der Waals surface area contributed by atoms with Crippen LogP contribution in [0.5, 0.6) is 0 Å². The Bertz CT molecular complexity index is 719. The fraction of sp³-hybridized carbons (Fsp3) is 0.188. The minimum atomic E-state index is 0.674. The number of hydrogen-bond acceptors (Lipinski definition) is 3. The van der Waals surface area contributed by atoms with Gasteiger partial charge in [0.2, 0.25) is 0 Å². The van der Waals surface area contributed by atoms with E-state index in [1.165, 1.54) is 5.56 Å². The summed E-state index contributed by atoms with van der Waals surface area (Å²) in [6.45, 7) is 0.823. The average molecular weight is 287 g/mol. The summed E-state index contributed by atoms with van der Waals surface area (Å²) in [5.74, 6) is 0.726. The van der Waals surface area contributed by atoms with Gasteiger partial charge in [0.05, 0.1) is 0 Å². The monoisotopic (exact) mass is 286 g/mol. The number of benzene rings is 2. The van der Waals surface area contributed by atoms with E-state index in [0.29, 0.717) is 6.42 Å². The molecule has 0 amide bonds. The van der Waals surface area contributed by atoms with Crippen LogP contribution in [0.4, 0.5) is 0 Å². The van der Waals surface area contributed by atoms with Gasteiger partial charge in [0.25, 0.3) is 0 Å². The molecule has 0 atom stereocenters. The molecular weight excluding hydrogens is 272 g/mol. The number of nitrogens with zero attached hydrogens (tertiary/aromatic N) is 1. The molecule has 3 nitrogen and oxygen atoms in total. The van der Waals surface area contributed by atoms with Crippen molar-refractivity contribution in [2.45, 2.75) is 13.0 Å². The second kappa shape index (κ2) is 5.65. The van der Waals surface area contributed by atoms with Crippen molar-refractivity contribution in [1.82, 2.24) is 10.3 Å². The molecule has 3 rings (SSSR count). The lowest BCUT2D eigenvalue weighted by molar-refractivity contribution is 0.543. The fourth-order valence-corrected chi connectivity index (χ4v) is 2.31. The van der Waals surface area contributed by atoms with Crippen molar-refractivity contribution in [1.29, 1.82) is 0 Å². The van der Waals surface area contributed by atoms with Crippen LogP contribution >= 0.6 is 11.6 Å². The summed E-state index contributed by atoms with van der Waals surface area (Å²) in [7, 11) is 1.93. The van der Waals surface area contributed by atoms with Crippen LogP contribution in [0.25, 0.3) is 11.1 Å². The lowest BCUT2D eigenvalue weighted by atomic mass is 10.1. The Balaban J connectivity index is 1.86. The van der Waals surface area contributed by atoms with E-state index < -0.39 is 0 Å². The maximum Gasteiger partial charge on any atom is 0.199 e. The van der Waals surface area contributed by atoms with Gasteiger partial charge in [0.15, 0.2) is 11.5 Å². The van der Waals surface area contributed by atoms with Crippen LogP contribution in [0.2, 0.25) is 5.02 Å². The van der Waals surface area contributed by atoms with Crippen LogP contribution in [0, 0.1) is 0 Å². The normalized spacial score (nSPS) is 11.1. The van der Waals surface area contributed by atoms with Gasteiger partial charge in [-0.1, -0.05) is 29.8 Å². The van der Waals surface area contributed by atoms with Crippen LogP contribution in [-0.2, 0) is 13.0 Å². The third-order valence-corrected chi connectivity index (χ3v) is 3.40. The zero-order chi connectivity index (χ0) is 13.9. The third kappa shape index (κ3) is 2.84. The highest BCUT2D eigenvalue weighted by Crippen LogP contribution is 2.20. The van der Waals surface area contributed by atoms with Crippen molar-refractivity contribution >= 4 is 22.7 Å². The van der Waals surface area contributed by atoms with Crippen LogP contribution in [0.1, 0.15) is 17.0 Å². The van der Waals surface area contributed by atoms with Gasteiger partial charge in [-0.3, -0.25) is 0 Å². The lowest BCUT2D eigenvalue weighted by Gasteiger charge is -1.97. The Morgan fingerprint density at radius 1 is 1.10 bits per heavy atom. The largest absolute Gasteiger partial charge is 0.440 e. The maximum absolute atomic E-state index is 5.88. The van der Waals surface area contributed by atoms with Gasteiger partial charge in [-0.25, -0.2) is 4.98 Å². The molecule has 102 valence electrons. The van der Waals surface area contributed by atoms with E-state index in [2.05, 4.69) is 16.4 Å². The van der Waals surface area contributed by atoms with E-state index in [-0.39, 0.29) is 0 Å². The fourth-order valence-electron chi connectivity index (χ4n) is 2.18. The van der Waals surface area contributed by atoms with Gasteiger partial charge in [-0.15, -0.1) is 0 Å². The summed E-state index contributed by atoms with van der Waals surface area (Å²) in [6.07, 6.45) is 0.674. The molecule has 2 aromatic carbocycles. The van der Waals surface area contributed by atoms with Crippen molar-refractivity contribution < 1.29 is 4.42 Å². The standard InChI is InChI=1S/C16H15ClN2O/c1-18-10-12-4-7-14-15(8-12)20-16(19-14)9-11-2-5-13(17)6-3-11/h2-8,18H,9-10H2,1H3. The predicted octanol–water partition coefficient (Wildman–Crippen LogP) is 3.79. The number of fused-ring (bicyclic) bond motifs is 1. The molecule has 3 aromatic rings. The van der Waals surface area contributed by atoms with Crippen molar-refractivity contribution in [3.63, 3.8) is 0 Å². The number of hydrogen-bond donors (Lipinski definition) is 1. The number of rotatable bonds is 4. The molecule has 0 bridgehead atoms. The Hall–Kier alpha value is -1.84. The summed E-state index contributed by atoms with van der Waals surface area (Å²) in [6, 6.07) is 13.8. The first kappa shape index (κ1) is 13.2. The summed E-state index contributed by atoms with van der Waals surface area (Å²) in [4.78, 5) is 4.51. The molecule has 1 N–H and O–H groups in total. The van der Waals surface area contributed by atoms with E-state index in [1.807, 2.05) is 43.4 Å². The van der Waals surface area contributed by atoms with Gasteiger partial charge in [0.1, 0.15) is 5.52 Å². The highest BCUT2D eigenvalue weighted by Gasteiger charge is 2.07. The molecule has 0 fully saturated rings. The van der Waals surface area contributed by atoms with Gasteiger partial charge >= 0.3 is 0 Å². The molecule has 0 unspecified atom stereocenters. The molecule has 0 aliphatic heterocycles. The lowest BCUT2D eigenvalue weighted by Crippen LogP contribution is -2.04. The minimum absolute atomic E-state index is 0.674. The van der Waals surface area contributed by atoms with E-state index in [1.54, 1.807) is 0 Å². The molecule has 20 heavy (non-hydrogen) atoms. The van der Waals surface area contributed by atoms with E-state index in [9.17, 15) is 0 Å². The molecule has 0 spiro atoms. The Morgan fingerprint density at radius 2 is 1.85 bits per heavy atom. The maximum atomic E-state index is 5.88. The Kier molecular flexibility index (Phi) is 3.72. The van der Waals surface area contributed by atoms with Gasteiger partial charge in [-0.2, -0.15) is 0 Å². The van der Waals surface area contributed by atoms with E-state index in [0.717, 1.165) is 34.1 Å². The van der Waals surface area contributed by atoms with Crippen molar-refractivity contribution in [3.05, 3.63) is 64.5 Å². The first-order valence-electron chi connectivity index (χ1n) is 6.52. The third-order valence-electron chi connectivity index (χ3n) is 3.15. The molecule has 0 saturated carbocycles. The van der Waals surface area contributed by atoms with Crippen LogP contribution in [-0.4, -0.2) is 12.0 Å². The van der Waals surface area contributed by atoms with Crippen molar-refractivity contribution in [2.24, 2.45) is 0 Å². The number of oxazole rings is 1. The van der Waals surface area contributed by atoms with Crippen LogP contribution in [0.15, 0.2) is 46.9 Å². The molecule has 1 heterocycles. The van der Waals surface area contributed by atoms with Gasteiger partial charge < -0.3 is 9.73 Å². The zero-order valence-electron chi connectivity index (χ0n) is 11.2. The zero-order valence-corrected chi connectivity index (χ0v) is 11.9.